The summed E-state index contributed by atoms with van der Waals surface area (Å²) in [5.74, 6) is 0. The van der Waals surface area contributed by atoms with Gasteiger partial charge in [0.1, 0.15) is 0 Å². The van der Waals surface area contributed by atoms with Gasteiger partial charge in [-0.15, -0.1) is 0 Å². The van der Waals surface area contributed by atoms with Crippen LogP contribution in [0.25, 0.3) is 0 Å². The van der Waals surface area contributed by atoms with Crippen molar-refractivity contribution in [1.82, 2.24) is 0 Å². The van der Waals surface area contributed by atoms with Crippen LogP contribution in [0.15, 0.2) is 0 Å². The van der Waals surface area contributed by atoms with Gasteiger partial charge < -0.3 is 0 Å². The van der Waals surface area contributed by atoms with E-state index in [1.54, 1.807) is 0 Å². The first-order chi connectivity index (χ1) is 1.00. The molecule has 0 fully saturated rings. The van der Waals surface area contributed by atoms with Crippen LogP contribution in [0.1, 0.15) is 7.43 Å². The molecule has 0 atom stereocenters. The van der Waals surface area contributed by atoms with Crippen LogP contribution in [0.3, 0.4) is 0 Å². The topological polar surface area (TPSA) is 17.1 Å². The molecule has 0 heterocycles. The first kappa shape index (κ1) is 18.4. The maximum atomic E-state index is 8.34. The summed E-state index contributed by atoms with van der Waals surface area (Å²) in [6.45, 7) is 0. The molecular formula is CH4AgOSn. The van der Waals surface area contributed by atoms with Gasteiger partial charge in [-0.3, -0.25) is 0 Å². The van der Waals surface area contributed by atoms with Gasteiger partial charge in [0, 0.05) is 22.4 Å². The van der Waals surface area contributed by atoms with Gasteiger partial charge in [-0.25, -0.2) is 0 Å². The quantitative estimate of drug-likeness (QED) is 0.565. The summed E-state index contributed by atoms with van der Waals surface area (Å²) in [7, 11) is 0. The van der Waals surface area contributed by atoms with Crippen LogP contribution >= 0.6 is 0 Å². The molecule has 3 heteroatoms. The molecule has 29 valence electrons. The van der Waals surface area contributed by atoms with Gasteiger partial charge in [-0.2, -0.15) is 0 Å². The summed E-state index contributed by atoms with van der Waals surface area (Å²) in [6.07, 6.45) is 0. The van der Waals surface area contributed by atoms with Gasteiger partial charge in [0.15, 0.2) is 0 Å². The average Bonchev–Trinajstić information content (AvgIpc) is 1.00. The number of hydrogen-bond acceptors (Lipinski definition) is 1. The van der Waals surface area contributed by atoms with Crippen molar-refractivity contribution in [1.29, 1.82) is 0 Å². The molecule has 0 saturated heterocycles. The fourth-order valence-electron chi connectivity index (χ4n) is 0. The zero-order valence-corrected chi connectivity index (χ0v) is 5.55. The normalized spacial score (nSPS) is 1.00. The van der Waals surface area contributed by atoms with Gasteiger partial charge in [0.05, 0.1) is 0 Å². The molecule has 0 bridgehead atoms. The Kier molecular flexibility index (Phi) is 124. The van der Waals surface area contributed by atoms with Crippen LogP contribution in [0, 0.1) is 0 Å². The van der Waals surface area contributed by atoms with Crippen molar-refractivity contribution in [3.8, 4) is 0 Å². The van der Waals surface area contributed by atoms with Crippen LogP contribution in [0.4, 0.5) is 0 Å². The van der Waals surface area contributed by atoms with Crippen molar-refractivity contribution in [2.45, 2.75) is 7.43 Å². The Morgan fingerprint density at radius 1 is 1.25 bits per heavy atom. The molecule has 0 rings (SSSR count). The first-order valence-corrected chi connectivity index (χ1v) is 1.37. The van der Waals surface area contributed by atoms with Crippen molar-refractivity contribution in [2.75, 3.05) is 0 Å². The molecule has 0 aromatic rings. The molecule has 0 aromatic heterocycles. The fraction of sp³-hybridized carbons (Fsp3) is 1.00. The molecule has 0 unspecified atom stereocenters. The summed E-state index contributed by atoms with van der Waals surface area (Å²) in [4.78, 5) is 0. The van der Waals surface area contributed by atoms with E-state index in [4.69, 9.17) is 3.08 Å². The third-order valence-corrected chi connectivity index (χ3v) is 0. The Balaban J connectivity index is -0.00000000500. The maximum absolute atomic E-state index is 8.34. The molecule has 0 N–H and O–H groups in total. The monoisotopic (exact) mass is 259 g/mol. The standard InChI is InChI=1S/CH4.Ag.O.Sn/h1H4;;;. The zero-order chi connectivity index (χ0) is 2.00. The van der Waals surface area contributed by atoms with Crippen molar-refractivity contribution in [3.63, 3.8) is 0 Å². The van der Waals surface area contributed by atoms with E-state index in [1.165, 1.54) is 0 Å². The summed E-state index contributed by atoms with van der Waals surface area (Å²) < 4.78 is 8.34. The third kappa shape index (κ3) is 10.2. The molecule has 4 heavy (non-hydrogen) atoms. The molecule has 0 amide bonds. The first-order valence-electron chi connectivity index (χ1n) is 0.204. The summed E-state index contributed by atoms with van der Waals surface area (Å²) in [6, 6.07) is 0. The molecule has 0 aliphatic heterocycles. The number of rotatable bonds is 0. The van der Waals surface area contributed by atoms with Gasteiger partial charge in [0.2, 0.25) is 0 Å². The van der Waals surface area contributed by atoms with E-state index in [2.05, 4.69) is 0 Å². The van der Waals surface area contributed by atoms with Crippen LogP contribution in [0.5, 0.6) is 0 Å². The van der Waals surface area contributed by atoms with E-state index in [9.17, 15) is 0 Å². The van der Waals surface area contributed by atoms with Crippen molar-refractivity contribution in [3.05, 3.63) is 0 Å². The molecule has 0 spiro atoms. The second kappa shape index (κ2) is 27.0. The van der Waals surface area contributed by atoms with Crippen molar-refractivity contribution in [2.24, 2.45) is 0 Å². The summed E-state index contributed by atoms with van der Waals surface area (Å²) in [5.41, 5.74) is 0. The molecular weight excluding hydrogens is 255 g/mol. The zero-order valence-electron chi connectivity index (χ0n) is 1.21. The van der Waals surface area contributed by atoms with E-state index in [0.717, 1.165) is 0 Å². The molecule has 0 aromatic carbocycles. The third-order valence-electron chi connectivity index (χ3n) is 0. The predicted octanol–water partition coefficient (Wildman–Crippen LogP) is 0.134. The van der Waals surface area contributed by atoms with Crippen molar-refractivity contribution >= 4 is 22.5 Å². The van der Waals surface area contributed by atoms with Gasteiger partial charge in [-0.05, 0) is 0 Å². The molecule has 1 nitrogen and oxygen atoms in total. The average molecular weight is 259 g/mol. The Hall–Kier alpha value is 1.34. The van der Waals surface area contributed by atoms with Gasteiger partial charge >= 0.3 is 25.6 Å². The van der Waals surface area contributed by atoms with E-state index in [0.29, 0.717) is 22.5 Å². The Bertz CT molecular complexity index is 8.00. The van der Waals surface area contributed by atoms with Crippen LogP contribution in [-0.2, 0) is 25.5 Å². The number of hydrogen-bond donors (Lipinski definition) is 0. The Labute approximate surface area is 55.1 Å². The molecule has 0 aliphatic carbocycles. The Morgan fingerprint density at radius 2 is 1.25 bits per heavy atom. The minimum absolute atomic E-state index is 0. The van der Waals surface area contributed by atoms with E-state index < -0.39 is 0 Å². The van der Waals surface area contributed by atoms with Crippen LogP contribution in [-0.4, -0.2) is 22.5 Å². The molecule has 0 saturated carbocycles. The van der Waals surface area contributed by atoms with Crippen molar-refractivity contribution < 1.29 is 25.5 Å². The van der Waals surface area contributed by atoms with Crippen LogP contribution < -0.4 is 0 Å². The second-order valence-corrected chi connectivity index (χ2v) is 0. The van der Waals surface area contributed by atoms with Gasteiger partial charge in [0.25, 0.3) is 0 Å². The molecule has 3 radical (unpaired) electrons. The van der Waals surface area contributed by atoms with E-state index in [1.807, 2.05) is 0 Å². The predicted molar refractivity (Wildman–Crippen MR) is 13.2 cm³/mol. The minimum atomic E-state index is 0. The molecule has 0 aliphatic rings. The summed E-state index contributed by atoms with van der Waals surface area (Å²) >= 11 is 0.300. The van der Waals surface area contributed by atoms with Crippen LogP contribution in [0.2, 0.25) is 0 Å². The fourth-order valence-corrected chi connectivity index (χ4v) is 0. The van der Waals surface area contributed by atoms with Gasteiger partial charge in [-0.1, -0.05) is 7.43 Å². The second-order valence-electron chi connectivity index (χ2n) is 0. The van der Waals surface area contributed by atoms with E-state index >= 15 is 0 Å². The summed E-state index contributed by atoms with van der Waals surface area (Å²) in [5, 5.41) is 0. The Morgan fingerprint density at radius 3 is 1.25 bits per heavy atom. The SMILES string of the molecule is C.[Ag].[O]=[Sn]. The van der Waals surface area contributed by atoms with E-state index in [-0.39, 0.29) is 29.8 Å².